The highest BCUT2D eigenvalue weighted by atomic mass is 79.9. The van der Waals surface area contributed by atoms with Gasteiger partial charge in [0.15, 0.2) is 12.7 Å². The molecule has 3 atom stereocenters. The van der Waals surface area contributed by atoms with E-state index in [1.54, 1.807) is 0 Å². The zero-order valence-electron chi connectivity index (χ0n) is 11.7. The van der Waals surface area contributed by atoms with E-state index in [1.165, 1.54) is 0 Å². The van der Waals surface area contributed by atoms with Crippen molar-refractivity contribution in [3.8, 4) is 0 Å². The lowest BCUT2D eigenvalue weighted by Crippen LogP contribution is -2.40. The van der Waals surface area contributed by atoms with Crippen molar-refractivity contribution in [1.82, 2.24) is 0 Å². The van der Waals surface area contributed by atoms with Crippen molar-refractivity contribution in [1.29, 1.82) is 0 Å². The second-order valence-electron chi connectivity index (χ2n) is 4.07. The van der Waals surface area contributed by atoms with Crippen molar-refractivity contribution in [2.24, 2.45) is 0 Å². The molecule has 0 saturated carbocycles. The van der Waals surface area contributed by atoms with Gasteiger partial charge in [-0.3, -0.25) is 0 Å². The Morgan fingerprint density at radius 3 is 2.08 bits per heavy atom. The van der Waals surface area contributed by atoms with Crippen LogP contribution < -0.4 is 0 Å². The maximum Gasteiger partial charge on any atom is 0.422 e. The summed E-state index contributed by atoms with van der Waals surface area (Å²) >= 11 is 2.70. The molecule has 0 aliphatic heterocycles. The van der Waals surface area contributed by atoms with E-state index in [1.807, 2.05) is 0 Å². The van der Waals surface area contributed by atoms with Gasteiger partial charge in [0.05, 0.1) is 0 Å². The van der Waals surface area contributed by atoms with Crippen LogP contribution in [0.4, 0.5) is 26.3 Å². The Bertz CT molecular complexity index is 445. The van der Waals surface area contributed by atoms with Crippen molar-refractivity contribution in [3.63, 3.8) is 0 Å². The molecule has 140 valence electrons. The largest absolute Gasteiger partial charge is 0.454 e. The van der Waals surface area contributed by atoms with Gasteiger partial charge < -0.3 is 14.2 Å². The number of rotatable bonds is 8. The minimum Gasteiger partial charge on any atom is -0.454 e. The third-order valence-corrected chi connectivity index (χ3v) is 2.77. The molecule has 6 nitrogen and oxygen atoms in total. The number of halogens is 7. The van der Waals surface area contributed by atoms with Crippen molar-refractivity contribution in [2.75, 3.05) is 25.2 Å². The lowest BCUT2D eigenvalue weighted by Gasteiger charge is -2.18. The third-order valence-electron chi connectivity index (χ3n) is 2.07. The van der Waals surface area contributed by atoms with Crippen LogP contribution in [-0.4, -0.2) is 67.7 Å². The molecule has 0 saturated heterocycles. The SMILES string of the molecule is O=C(OCC(F)CBr)C(=O)OC(CF)C(F)C(=O)OCC(F)(F)F. The van der Waals surface area contributed by atoms with Crippen molar-refractivity contribution >= 4 is 33.8 Å². The highest BCUT2D eigenvalue weighted by Crippen LogP contribution is 2.16. The molecule has 0 fully saturated rings. The molecular formula is C11H11BrF6O6. The standard InChI is InChI=1S/C11H11BrF6O6/c12-1-5(14)3-22-9(20)10(21)24-6(2-13)7(15)8(19)23-4-11(16,17)18/h5-7H,1-4H2. The third kappa shape index (κ3) is 8.93. The molecule has 0 aliphatic rings. The molecule has 0 amide bonds. The molecule has 0 bridgehead atoms. The smallest absolute Gasteiger partial charge is 0.422 e. The van der Waals surface area contributed by atoms with E-state index in [0.717, 1.165) is 0 Å². The maximum atomic E-state index is 13.5. The van der Waals surface area contributed by atoms with Crippen LogP contribution in [-0.2, 0) is 28.6 Å². The number of carbonyl (C=O) groups is 3. The predicted molar refractivity (Wildman–Crippen MR) is 67.4 cm³/mol. The first-order valence-corrected chi connectivity index (χ1v) is 7.15. The Labute approximate surface area is 139 Å². The summed E-state index contributed by atoms with van der Waals surface area (Å²) in [5, 5.41) is -0.222. The van der Waals surface area contributed by atoms with Crippen LogP contribution in [0, 0.1) is 0 Å². The summed E-state index contributed by atoms with van der Waals surface area (Å²) in [6.45, 7) is -4.83. The fourth-order valence-electron chi connectivity index (χ4n) is 1.01. The van der Waals surface area contributed by atoms with Gasteiger partial charge in [0, 0.05) is 5.33 Å². The molecule has 0 radical (unpaired) electrons. The van der Waals surface area contributed by atoms with E-state index in [0.29, 0.717) is 0 Å². The Hall–Kier alpha value is -1.53. The van der Waals surface area contributed by atoms with Gasteiger partial charge in [0.1, 0.15) is 19.5 Å². The summed E-state index contributed by atoms with van der Waals surface area (Å²) < 4.78 is 85.8. The van der Waals surface area contributed by atoms with Crippen LogP contribution in [0.25, 0.3) is 0 Å². The molecule has 0 aliphatic carbocycles. The molecule has 0 aromatic carbocycles. The summed E-state index contributed by atoms with van der Waals surface area (Å²) in [7, 11) is 0. The molecule has 0 rings (SSSR count). The van der Waals surface area contributed by atoms with Crippen LogP contribution in [0.2, 0.25) is 0 Å². The fraction of sp³-hybridized carbons (Fsp3) is 0.727. The number of ether oxygens (including phenoxy) is 3. The summed E-state index contributed by atoms with van der Waals surface area (Å²) in [4.78, 5) is 33.2. The van der Waals surface area contributed by atoms with E-state index in [9.17, 15) is 40.7 Å². The van der Waals surface area contributed by atoms with Gasteiger partial charge in [0.25, 0.3) is 0 Å². The first-order valence-electron chi connectivity index (χ1n) is 6.03. The van der Waals surface area contributed by atoms with E-state index < -0.39 is 62.4 Å². The fourth-order valence-corrected chi connectivity index (χ4v) is 1.20. The van der Waals surface area contributed by atoms with Crippen LogP contribution in [0.5, 0.6) is 0 Å². The van der Waals surface area contributed by atoms with E-state index in [-0.39, 0.29) is 5.33 Å². The Morgan fingerprint density at radius 1 is 1.04 bits per heavy atom. The van der Waals surface area contributed by atoms with Crippen molar-refractivity contribution in [2.45, 2.75) is 24.6 Å². The van der Waals surface area contributed by atoms with E-state index in [4.69, 9.17) is 0 Å². The molecule has 0 heterocycles. The minimum absolute atomic E-state index is 0.222. The quantitative estimate of drug-likeness (QED) is 0.190. The van der Waals surface area contributed by atoms with Gasteiger partial charge in [0.2, 0.25) is 6.17 Å². The lowest BCUT2D eigenvalue weighted by atomic mass is 10.2. The Morgan fingerprint density at radius 2 is 1.62 bits per heavy atom. The zero-order valence-corrected chi connectivity index (χ0v) is 13.2. The van der Waals surface area contributed by atoms with Gasteiger partial charge in [-0.15, -0.1) is 0 Å². The van der Waals surface area contributed by atoms with Gasteiger partial charge in [-0.1, -0.05) is 15.9 Å². The summed E-state index contributed by atoms with van der Waals surface area (Å²) in [6, 6.07) is 0. The molecule has 24 heavy (non-hydrogen) atoms. The second kappa shape index (κ2) is 10.4. The minimum atomic E-state index is -4.95. The normalized spacial score (nSPS) is 15.1. The summed E-state index contributed by atoms with van der Waals surface area (Å²) in [5.41, 5.74) is 0. The van der Waals surface area contributed by atoms with Crippen LogP contribution in [0.15, 0.2) is 0 Å². The Balaban J connectivity index is 4.53. The van der Waals surface area contributed by atoms with Crippen molar-refractivity contribution < 1.29 is 54.9 Å². The first-order chi connectivity index (χ1) is 11.0. The molecule has 0 aromatic heterocycles. The predicted octanol–water partition coefficient (Wildman–Crippen LogP) is 1.59. The molecular weight excluding hydrogens is 422 g/mol. The number of carbonyl (C=O) groups excluding carboxylic acids is 3. The molecule has 0 N–H and O–H groups in total. The monoisotopic (exact) mass is 432 g/mol. The first kappa shape index (κ1) is 22.5. The zero-order chi connectivity index (χ0) is 18.9. The molecule has 0 spiro atoms. The van der Waals surface area contributed by atoms with Crippen LogP contribution in [0.3, 0.4) is 0 Å². The van der Waals surface area contributed by atoms with E-state index in [2.05, 4.69) is 30.1 Å². The molecule has 0 aromatic rings. The lowest BCUT2D eigenvalue weighted by molar-refractivity contribution is -0.194. The van der Waals surface area contributed by atoms with Crippen molar-refractivity contribution in [3.05, 3.63) is 0 Å². The number of esters is 3. The van der Waals surface area contributed by atoms with Gasteiger partial charge >= 0.3 is 24.1 Å². The van der Waals surface area contributed by atoms with Gasteiger partial charge in [-0.25, -0.2) is 27.6 Å². The average molecular weight is 433 g/mol. The van der Waals surface area contributed by atoms with Crippen LogP contribution >= 0.6 is 15.9 Å². The number of hydrogen-bond donors (Lipinski definition) is 0. The summed E-state index contributed by atoms with van der Waals surface area (Å²) in [6.07, 6.45) is -12.2. The Kier molecular flexibility index (Phi) is 9.70. The van der Waals surface area contributed by atoms with Gasteiger partial charge in [-0.2, -0.15) is 13.2 Å². The van der Waals surface area contributed by atoms with Crippen LogP contribution in [0.1, 0.15) is 0 Å². The highest BCUT2D eigenvalue weighted by molar-refractivity contribution is 9.09. The molecule has 13 heteroatoms. The topological polar surface area (TPSA) is 78.9 Å². The summed E-state index contributed by atoms with van der Waals surface area (Å²) in [5.74, 6) is -5.89. The number of hydrogen-bond acceptors (Lipinski definition) is 6. The van der Waals surface area contributed by atoms with Gasteiger partial charge in [-0.05, 0) is 0 Å². The second-order valence-corrected chi connectivity index (χ2v) is 4.72. The molecule has 3 unspecified atom stereocenters. The highest BCUT2D eigenvalue weighted by Gasteiger charge is 2.37. The average Bonchev–Trinajstić information content (AvgIpc) is 2.53. The van der Waals surface area contributed by atoms with E-state index >= 15 is 0 Å². The maximum absolute atomic E-state index is 13.5. The number of alkyl halides is 7.